The van der Waals surface area contributed by atoms with Crippen molar-refractivity contribution in [2.45, 2.75) is 52.3 Å². The lowest BCUT2D eigenvalue weighted by atomic mass is 9.98. The average Bonchev–Trinajstić information content (AvgIpc) is 2.50. The van der Waals surface area contributed by atoms with Gasteiger partial charge in [0.1, 0.15) is 0 Å². The van der Waals surface area contributed by atoms with Crippen molar-refractivity contribution in [1.82, 2.24) is 4.98 Å². The van der Waals surface area contributed by atoms with Crippen molar-refractivity contribution in [1.29, 1.82) is 0 Å². The monoisotopic (exact) mass is 405 g/mol. The van der Waals surface area contributed by atoms with Crippen LogP contribution in [0.2, 0.25) is 6.32 Å². The summed E-state index contributed by atoms with van der Waals surface area (Å²) in [5.41, 5.74) is 3.99. The number of benzene rings is 1. The van der Waals surface area contributed by atoms with Gasteiger partial charge in [0.25, 0.3) is 0 Å². The van der Waals surface area contributed by atoms with Crippen molar-refractivity contribution in [2.75, 3.05) is 0 Å². The normalized spacial score (nSPS) is 10.5. The molecule has 22 heavy (non-hydrogen) atoms. The van der Waals surface area contributed by atoms with Crippen molar-refractivity contribution in [3.63, 3.8) is 0 Å². The quantitative estimate of drug-likeness (QED) is 0.467. The van der Waals surface area contributed by atoms with Crippen LogP contribution in [0.5, 0.6) is 0 Å². The molecule has 0 aliphatic carbocycles. The van der Waals surface area contributed by atoms with E-state index in [0.717, 1.165) is 12.7 Å². The lowest BCUT2D eigenvalue weighted by Crippen LogP contribution is -1.94. The number of nitrogens with zero attached hydrogens (tertiary/aromatic N) is 1. The number of halogens is 1. The van der Waals surface area contributed by atoms with E-state index >= 15 is 0 Å². The van der Waals surface area contributed by atoms with E-state index < -0.39 is 0 Å². The second kappa shape index (κ2) is 10.0. The molecule has 1 nitrogen and oxygen atoms in total. The van der Waals surface area contributed by atoms with Crippen molar-refractivity contribution in [2.24, 2.45) is 0 Å². The third kappa shape index (κ3) is 6.95. The highest BCUT2D eigenvalue weighted by atomic mass is 127. The van der Waals surface area contributed by atoms with Crippen LogP contribution < -0.4 is 0 Å². The topological polar surface area (TPSA) is 12.9 Å². The molecule has 0 spiro atoms. The Hall–Kier alpha value is -0.835. The van der Waals surface area contributed by atoms with Crippen LogP contribution in [0.1, 0.15) is 56.2 Å². The molecule has 1 aromatic carbocycles. The van der Waals surface area contributed by atoms with Gasteiger partial charge in [-0.25, -0.2) is 0 Å². The molecular formula is C19H25BIN. The van der Waals surface area contributed by atoms with Crippen molar-refractivity contribution >= 4 is 30.4 Å². The number of pyridine rings is 1. The molecule has 2 rings (SSSR count). The van der Waals surface area contributed by atoms with E-state index in [9.17, 15) is 0 Å². The Kier molecular flexibility index (Phi) is 8.76. The van der Waals surface area contributed by atoms with Gasteiger partial charge in [0.05, 0.1) is 7.85 Å². The summed E-state index contributed by atoms with van der Waals surface area (Å²) in [6, 6.07) is 10.7. The first-order valence-electron chi connectivity index (χ1n) is 7.83. The summed E-state index contributed by atoms with van der Waals surface area (Å²) >= 11 is 2.29. The lowest BCUT2D eigenvalue weighted by molar-refractivity contribution is 0.820. The molecule has 116 valence electrons. The van der Waals surface area contributed by atoms with Crippen LogP contribution in [0.4, 0.5) is 0 Å². The van der Waals surface area contributed by atoms with Crippen LogP contribution in [-0.4, -0.2) is 12.8 Å². The standard InChI is InChI=1S/C11H17N.C8H8BI/c1-8(2)10-5-11(9(3)4)7-12-6-10;9-6-5-7-1-3-8(10)4-2-7/h5-9H,1-4H3;1-4H,5-6H2. The van der Waals surface area contributed by atoms with E-state index in [-0.39, 0.29) is 0 Å². The summed E-state index contributed by atoms with van der Waals surface area (Å²) in [6.07, 6.45) is 5.63. The van der Waals surface area contributed by atoms with E-state index in [0.29, 0.717) is 11.8 Å². The van der Waals surface area contributed by atoms with E-state index in [1.807, 2.05) is 12.4 Å². The minimum absolute atomic E-state index is 0.580. The van der Waals surface area contributed by atoms with Crippen LogP contribution in [0.25, 0.3) is 0 Å². The minimum atomic E-state index is 0.580. The van der Waals surface area contributed by atoms with Crippen molar-refractivity contribution in [3.8, 4) is 0 Å². The van der Waals surface area contributed by atoms with Crippen LogP contribution in [0, 0.1) is 3.57 Å². The van der Waals surface area contributed by atoms with E-state index in [2.05, 4.69) is 85.6 Å². The Morgan fingerprint density at radius 2 is 1.45 bits per heavy atom. The maximum Gasteiger partial charge on any atom is 0.0657 e. The first kappa shape index (κ1) is 19.2. The number of rotatable bonds is 4. The first-order chi connectivity index (χ1) is 10.4. The molecule has 0 saturated carbocycles. The maximum atomic E-state index is 5.40. The largest absolute Gasteiger partial charge is 0.264 e. The van der Waals surface area contributed by atoms with Gasteiger partial charge in [-0.05, 0) is 69.7 Å². The van der Waals surface area contributed by atoms with Gasteiger partial charge in [0, 0.05) is 16.0 Å². The van der Waals surface area contributed by atoms with Gasteiger partial charge in [0.2, 0.25) is 0 Å². The second-order valence-electron chi connectivity index (χ2n) is 6.03. The Bertz CT molecular complexity index is 526. The lowest BCUT2D eigenvalue weighted by Gasteiger charge is -2.09. The number of hydrogen-bond acceptors (Lipinski definition) is 1. The smallest absolute Gasteiger partial charge is 0.0657 e. The maximum absolute atomic E-state index is 5.40. The van der Waals surface area contributed by atoms with Gasteiger partial charge in [-0.3, -0.25) is 4.98 Å². The zero-order valence-corrected chi connectivity index (χ0v) is 16.2. The molecule has 0 amide bonds. The zero-order valence-electron chi connectivity index (χ0n) is 14.0. The fourth-order valence-electron chi connectivity index (χ4n) is 1.93. The van der Waals surface area contributed by atoms with Gasteiger partial charge in [-0.1, -0.05) is 52.2 Å². The molecule has 0 N–H and O–H groups in total. The summed E-state index contributed by atoms with van der Waals surface area (Å²) in [6.45, 7) is 8.78. The molecule has 3 heteroatoms. The molecule has 0 atom stereocenters. The van der Waals surface area contributed by atoms with Gasteiger partial charge in [-0.2, -0.15) is 0 Å². The third-order valence-electron chi connectivity index (χ3n) is 3.46. The van der Waals surface area contributed by atoms with Crippen LogP contribution in [0.3, 0.4) is 0 Å². The van der Waals surface area contributed by atoms with Crippen molar-refractivity contribution < 1.29 is 0 Å². The summed E-state index contributed by atoms with van der Waals surface area (Å²) in [5, 5.41) is 0. The molecule has 0 unspecified atom stereocenters. The fourth-order valence-corrected chi connectivity index (χ4v) is 2.29. The first-order valence-corrected chi connectivity index (χ1v) is 8.91. The highest BCUT2D eigenvalue weighted by Gasteiger charge is 2.03. The molecule has 0 aliphatic rings. The highest BCUT2D eigenvalue weighted by Crippen LogP contribution is 2.19. The van der Waals surface area contributed by atoms with Gasteiger partial charge in [-0.15, -0.1) is 0 Å². The predicted octanol–water partition coefficient (Wildman–Crippen LogP) is 5.75. The molecule has 2 radical (unpaired) electrons. The molecule has 2 aromatic rings. The SMILES string of the molecule is CC(C)c1cncc(C(C)C)c1.[B]CCc1ccc(I)cc1. The average molecular weight is 405 g/mol. The summed E-state index contributed by atoms with van der Waals surface area (Å²) in [4.78, 5) is 4.23. The molecule has 1 aromatic heterocycles. The zero-order chi connectivity index (χ0) is 16.5. The summed E-state index contributed by atoms with van der Waals surface area (Å²) in [7, 11) is 5.40. The summed E-state index contributed by atoms with van der Waals surface area (Å²) in [5.74, 6) is 1.16. The predicted molar refractivity (Wildman–Crippen MR) is 106 cm³/mol. The van der Waals surface area contributed by atoms with E-state index in [1.54, 1.807) is 0 Å². The number of aromatic nitrogens is 1. The molecule has 0 bridgehead atoms. The van der Waals surface area contributed by atoms with Gasteiger partial charge >= 0.3 is 0 Å². The van der Waals surface area contributed by atoms with Gasteiger partial charge < -0.3 is 0 Å². The van der Waals surface area contributed by atoms with E-state index in [1.165, 1.54) is 20.3 Å². The Morgan fingerprint density at radius 1 is 0.955 bits per heavy atom. The fraction of sp³-hybridized carbons (Fsp3) is 0.421. The van der Waals surface area contributed by atoms with Crippen LogP contribution in [-0.2, 0) is 6.42 Å². The molecular weight excluding hydrogens is 380 g/mol. The van der Waals surface area contributed by atoms with Crippen LogP contribution in [0.15, 0.2) is 42.7 Å². The Balaban J connectivity index is 0.000000224. The molecule has 0 fully saturated rings. The molecule has 1 heterocycles. The van der Waals surface area contributed by atoms with Crippen molar-refractivity contribution in [3.05, 3.63) is 63.0 Å². The molecule has 0 saturated heterocycles. The minimum Gasteiger partial charge on any atom is -0.264 e. The van der Waals surface area contributed by atoms with Gasteiger partial charge in [0.15, 0.2) is 0 Å². The second-order valence-corrected chi connectivity index (χ2v) is 7.27. The number of aryl methyl sites for hydroxylation is 1. The highest BCUT2D eigenvalue weighted by molar-refractivity contribution is 14.1. The Morgan fingerprint density at radius 3 is 1.86 bits per heavy atom. The molecule has 0 aliphatic heterocycles. The third-order valence-corrected chi connectivity index (χ3v) is 4.18. The summed E-state index contributed by atoms with van der Waals surface area (Å²) < 4.78 is 1.28. The Labute approximate surface area is 150 Å². The van der Waals surface area contributed by atoms with E-state index in [4.69, 9.17) is 7.85 Å². The number of hydrogen-bond donors (Lipinski definition) is 0. The van der Waals surface area contributed by atoms with Crippen LogP contribution >= 0.6 is 22.6 Å².